The summed E-state index contributed by atoms with van der Waals surface area (Å²) in [6, 6.07) is 3.08. The summed E-state index contributed by atoms with van der Waals surface area (Å²) >= 11 is 0. The van der Waals surface area contributed by atoms with Crippen LogP contribution in [-0.4, -0.2) is 18.7 Å². The zero-order valence-corrected chi connectivity index (χ0v) is 8.71. The Morgan fingerprint density at radius 3 is 2.57 bits per heavy atom. The van der Waals surface area contributed by atoms with Gasteiger partial charge in [0.1, 0.15) is 0 Å². The summed E-state index contributed by atoms with van der Waals surface area (Å²) in [6.45, 7) is 1.71. The second-order valence-electron chi connectivity index (χ2n) is 3.57. The Labute approximate surface area is 83.1 Å². The standard InChI is InChI=1S/C9H12N2O2S/c1-6-8(10)4-5-9(11-6)14(12,13)7-2-3-7/h4-5,7H,2-3,10H2,1H3. The molecule has 0 amide bonds. The first-order chi connectivity index (χ1) is 6.51. The zero-order chi connectivity index (χ0) is 10.3. The predicted octanol–water partition coefficient (Wildman–Crippen LogP) is 0.908. The molecule has 0 radical (unpaired) electrons. The monoisotopic (exact) mass is 212 g/mol. The fraction of sp³-hybridized carbons (Fsp3) is 0.444. The molecule has 1 aliphatic carbocycles. The molecule has 4 nitrogen and oxygen atoms in total. The highest BCUT2D eigenvalue weighted by Crippen LogP contribution is 2.32. The Balaban J connectivity index is 2.46. The van der Waals surface area contributed by atoms with Crippen molar-refractivity contribution in [2.75, 3.05) is 5.73 Å². The molecule has 14 heavy (non-hydrogen) atoms. The van der Waals surface area contributed by atoms with E-state index in [-0.39, 0.29) is 10.3 Å². The largest absolute Gasteiger partial charge is 0.397 e. The summed E-state index contributed by atoms with van der Waals surface area (Å²) in [5, 5.41) is -0.0512. The minimum Gasteiger partial charge on any atom is -0.397 e. The van der Waals surface area contributed by atoms with E-state index in [4.69, 9.17) is 5.73 Å². The molecular formula is C9H12N2O2S. The Morgan fingerprint density at radius 1 is 1.43 bits per heavy atom. The molecule has 0 spiro atoms. The Hall–Kier alpha value is -1.10. The van der Waals surface area contributed by atoms with Gasteiger partial charge in [0.05, 0.1) is 16.6 Å². The van der Waals surface area contributed by atoms with Crippen molar-refractivity contribution >= 4 is 15.5 Å². The van der Waals surface area contributed by atoms with Crippen LogP contribution in [0.5, 0.6) is 0 Å². The van der Waals surface area contributed by atoms with Gasteiger partial charge in [-0.15, -0.1) is 0 Å². The van der Waals surface area contributed by atoms with Crippen LogP contribution in [0.25, 0.3) is 0 Å². The maximum atomic E-state index is 11.8. The minimum absolute atomic E-state index is 0.159. The molecule has 0 unspecified atom stereocenters. The van der Waals surface area contributed by atoms with Gasteiger partial charge < -0.3 is 5.73 Å². The Bertz CT molecular complexity index is 464. The molecular weight excluding hydrogens is 200 g/mol. The molecule has 5 heteroatoms. The number of hydrogen-bond acceptors (Lipinski definition) is 4. The number of anilines is 1. The molecule has 1 heterocycles. The lowest BCUT2D eigenvalue weighted by atomic mass is 10.3. The average Bonchev–Trinajstić information content (AvgIpc) is 2.92. The molecule has 1 fully saturated rings. The third-order valence-electron chi connectivity index (χ3n) is 2.36. The lowest BCUT2D eigenvalue weighted by molar-refractivity contribution is 0.590. The number of nitrogens with zero attached hydrogens (tertiary/aromatic N) is 1. The number of nitrogens with two attached hydrogens (primary N) is 1. The van der Waals surface area contributed by atoms with Crippen molar-refractivity contribution in [1.82, 2.24) is 4.98 Å². The average molecular weight is 212 g/mol. The van der Waals surface area contributed by atoms with Crippen LogP contribution < -0.4 is 5.73 Å². The van der Waals surface area contributed by atoms with Crippen LogP contribution in [0.1, 0.15) is 18.5 Å². The van der Waals surface area contributed by atoms with Crippen LogP contribution >= 0.6 is 0 Å². The van der Waals surface area contributed by atoms with Crippen LogP contribution in [0.15, 0.2) is 17.2 Å². The van der Waals surface area contributed by atoms with Crippen molar-refractivity contribution in [3.63, 3.8) is 0 Å². The van der Waals surface area contributed by atoms with Gasteiger partial charge in [-0.25, -0.2) is 13.4 Å². The SMILES string of the molecule is Cc1nc(S(=O)(=O)C2CC2)ccc1N. The van der Waals surface area contributed by atoms with Gasteiger partial charge in [-0.2, -0.15) is 0 Å². The van der Waals surface area contributed by atoms with Gasteiger partial charge in [0.25, 0.3) is 0 Å². The first-order valence-electron chi connectivity index (χ1n) is 4.49. The van der Waals surface area contributed by atoms with Crippen molar-refractivity contribution in [3.05, 3.63) is 17.8 Å². The summed E-state index contributed by atoms with van der Waals surface area (Å²) in [6.07, 6.45) is 1.51. The van der Waals surface area contributed by atoms with E-state index in [1.54, 1.807) is 13.0 Å². The third-order valence-corrected chi connectivity index (χ3v) is 4.52. The zero-order valence-electron chi connectivity index (χ0n) is 7.90. The van der Waals surface area contributed by atoms with Gasteiger partial charge in [-0.3, -0.25) is 0 Å². The number of rotatable bonds is 2. The molecule has 0 aliphatic heterocycles. The number of pyridine rings is 1. The molecule has 2 rings (SSSR count). The van der Waals surface area contributed by atoms with Gasteiger partial charge in [-0.1, -0.05) is 0 Å². The Morgan fingerprint density at radius 2 is 2.07 bits per heavy atom. The molecule has 0 aromatic carbocycles. The topological polar surface area (TPSA) is 73.0 Å². The number of aromatic nitrogens is 1. The molecule has 1 aromatic heterocycles. The third kappa shape index (κ3) is 1.48. The van der Waals surface area contributed by atoms with E-state index in [0.29, 0.717) is 11.4 Å². The fourth-order valence-corrected chi connectivity index (χ4v) is 2.88. The molecule has 0 bridgehead atoms. The van der Waals surface area contributed by atoms with Crippen LogP contribution in [0.3, 0.4) is 0 Å². The molecule has 1 saturated carbocycles. The molecule has 2 N–H and O–H groups in total. The van der Waals surface area contributed by atoms with E-state index in [1.165, 1.54) is 6.07 Å². The van der Waals surface area contributed by atoms with Gasteiger partial charge in [-0.05, 0) is 31.9 Å². The maximum absolute atomic E-state index is 11.8. The maximum Gasteiger partial charge on any atom is 0.198 e. The molecule has 1 aromatic rings. The van der Waals surface area contributed by atoms with Crippen molar-refractivity contribution in [1.29, 1.82) is 0 Å². The van der Waals surface area contributed by atoms with Crippen molar-refractivity contribution in [2.45, 2.75) is 30.0 Å². The van der Waals surface area contributed by atoms with E-state index >= 15 is 0 Å². The molecule has 76 valence electrons. The molecule has 0 atom stereocenters. The van der Waals surface area contributed by atoms with Crippen molar-refractivity contribution < 1.29 is 8.42 Å². The first kappa shape index (κ1) is 9.45. The van der Waals surface area contributed by atoms with E-state index < -0.39 is 9.84 Å². The van der Waals surface area contributed by atoms with Gasteiger partial charge in [0.2, 0.25) is 0 Å². The van der Waals surface area contributed by atoms with Crippen LogP contribution in [0.4, 0.5) is 5.69 Å². The molecule has 1 aliphatic rings. The quantitative estimate of drug-likeness (QED) is 0.790. The summed E-state index contributed by atoms with van der Waals surface area (Å²) in [4.78, 5) is 3.99. The highest BCUT2D eigenvalue weighted by Gasteiger charge is 2.37. The van der Waals surface area contributed by atoms with E-state index in [9.17, 15) is 8.42 Å². The second-order valence-corrected chi connectivity index (χ2v) is 5.74. The number of sulfone groups is 1. The van der Waals surface area contributed by atoms with Crippen LogP contribution in [0.2, 0.25) is 0 Å². The smallest absolute Gasteiger partial charge is 0.198 e. The van der Waals surface area contributed by atoms with E-state index in [2.05, 4.69) is 4.98 Å². The van der Waals surface area contributed by atoms with Crippen LogP contribution in [0, 0.1) is 6.92 Å². The number of aryl methyl sites for hydroxylation is 1. The van der Waals surface area contributed by atoms with Gasteiger partial charge >= 0.3 is 0 Å². The first-order valence-corrected chi connectivity index (χ1v) is 6.03. The summed E-state index contributed by atoms with van der Waals surface area (Å²) < 4.78 is 23.5. The van der Waals surface area contributed by atoms with Gasteiger partial charge in [0, 0.05) is 0 Å². The Kier molecular flexibility index (Phi) is 1.99. The highest BCUT2D eigenvalue weighted by molar-refractivity contribution is 7.92. The second kappa shape index (κ2) is 2.95. The van der Waals surface area contributed by atoms with Gasteiger partial charge in [0.15, 0.2) is 14.9 Å². The lowest BCUT2D eigenvalue weighted by Gasteiger charge is -2.04. The minimum atomic E-state index is -3.17. The predicted molar refractivity (Wildman–Crippen MR) is 53.6 cm³/mol. The van der Waals surface area contributed by atoms with E-state index in [1.807, 2.05) is 0 Å². The van der Waals surface area contributed by atoms with Crippen LogP contribution in [-0.2, 0) is 9.84 Å². The fourth-order valence-electron chi connectivity index (χ4n) is 1.26. The number of hydrogen-bond donors (Lipinski definition) is 1. The number of nitrogen functional groups attached to an aromatic ring is 1. The normalized spacial score (nSPS) is 16.9. The van der Waals surface area contributed by atoms with E-state index in [0.717, 1.165) is 12.8 Å². The van der Waals surface area contributed by atoms with Crippen molar-refractivity contribution in [3.8, 4) is 0 Å². The highest BCUT2D eigenvalue weighted by atomic mass is 32.2. The van der Waals surface area contributed by atoms with Crippen molar-refractivity contribution in [2.24, 2.45) is 0 Å². The molecule has 0 saturated heterocycles. The summed E-state index contributed by atoms with van der Waals surface area (Å²) in [5.41, 5.74) is 6.67. The summed E-state index contributed by atoms with van der Waals surface area (Å²) in [7, 11) is -3.17. The lowest BCUT2D eigenvalue weighted by Crippen LogP contribution is -2.10. The summed E-state index contributed by atoms with van der Waals surface area (Å²) in [5.74, 6) is 0.